The van der Waals surface area contributed by atoms with Crippen LogP contribution in [0.2, 0.25) is 0 Å². The Balaban J connectivity index is 0.00000306. The number of hydrogen-bond acceptors (Lipinski definition) is 6. The molecular weight excluding hydrogens is 447 g/mol. The number of allylic oxidation sites excluding steroid dienone is 7. The molecule has 8 heteroatoms. The third kappa shape index (κ3) is 7.48. The predicted molar refractivity (Wildman–Crippen MR) is 126 cm³/mol. The summed E-state index contributed by atoms with van der Waals surface area (Å²) in [5, 5.41) is 18.9. The molecule has 184 valence electrons. The summed E-state index contributed by atoms with van der Waals surface area (Å²) in [5.41, 5.74) is 0.713. The summed E-state index contributed by atoms with van der Waals surface area (Å²) in [7, 11) is 1.68. The third-order valence-electron chi connectivity index (χ3n) is 6.62. The maximum atomic E-state index is 10.4. The van der Waals surface area contributed by atoms with E-state index in [-0.39, 0.29) is 66.4 Å². The van der Waals surface area contributed by atoms with E-state index in [0.717, 1.165) is 25.3 Å². The van der Waals surface area contributed by atoms with Crippen molar-refractivity contribution in [3.05, 3.63) is 60.3 Å². The fourth-order valence-electron chi connectivity index (χ4n) is 4.87. The summed E-state index contributed by atoms with van der Waals surface area (Å²) < 4.78 is 24.0. The zero-order valence-corrected chi connectivity index (χ0v) is 22.8. The topological polar surface area (TPSA) is 101 Å². The second-order valence-corrected chi connectivity index (χ2v) is 9.29. The first-order valence-electron chi connectivity index (χ1n) is 11.4. The molecule has 34 heavy (non-hydrogen) atoms. The maximum Gasteiger partial charge on any atom is 1.00 e. The summed E-state index contributed by atoms with van der Waals surface area (Å²) in [6.07, 6.45) is 15.7. The van der Waals surface area contributed by atoms with E-state index in [2.05, 4.69) is 26.8 Å². The van der Waals surface area contributed by atoms with Gasteiger partial charge in [-0.3, -0.25) is 0 Å². The maximum absolute atomic E-state index is 10.4. The second kappa shape index (κ2) is 12.8. The summed E-state index contributed by atoms with van der Waals surface area (Å²) in [4.78, 5) is 10.4. The van der Waals surface area contributed by atoms with Gasteiger partial charge in [0.1, 0.15) is 5.60 Å². The minimum absolute atomic E-state index is 0. The van der Waals surface area contributed by atoms with Crippen LogP contribution in [0.1, 0.15) is 41.5 Å². The van der Waals surface area contributed by atoms with Crippen LogP contribution in [0.4, 0.5) is 0 Å². The first-order valence-corrected chi connectivity index (χ1v) is 11.4. The molecule has 2 N–H and O–H groups in total. The fraction of sp³-hybridized carbons (Fsp3) is 0.577. The molecule has 0 radical (unpaired) electrons. The summed E-state index contributed by atoms with van der Waals surface area (Å²) in [6.45, 7) is 7.02. The Labute approximate surface area is 225 Å². The Morgan fingerprint density at radius 3 is 2.44 bits per heavy atom. The van der Waals surface area contributed by atoms with E-state index >= 15 is 0 Å². The monoisotopic (exact) mass is 484 g/mol. The average Bonchev–Trinajstić information content (AvgIpc) is 3.67. The van der Waals surface area contributed by atoms with Crippen molar-refractivity contribution < 1.29 is 64.9 Å². The number of carboxylic acid groups (broad SMARTS) is 1. The number of epoxide rings is 2. The molecule has 0 amide bonds. The molecular formula is C26H37NaO7. The first kappa shape index (κ1) is 29.2. The standard InChI is InChI=1S/C26H36O7.Na.H/c1-18(2)13-14-20-25(3,33-20)24-23(30-4)19(15-16-26(24)17-31-26)32-22(29)12-10-8-6-5-7-9-11-21(27)28;;/h5-13,19-20,22-24,29H,14-17H2,1-4H3,(H,27,28);;/q;+1;-1/b7-5+,8-6+,11-9+,12-10+;;/t19-,20-,22?,23-,24-,25+,26+;;/m1../s1. The van der Waals surface area contributed by atoms with Crippen molar-refractivity contribution in [2.24, 2.45) is 5.92 Å². The molecule has 2 aliphatic heterocycles. The number of aliphatic hydroxyl groups excluding tert-OH is 1. The van der Waals surface area contributed by atoms with Gasteiger partial charge in [0, 0.05) is 13.2 Å². The van der Waals surface area contributed by atoms with E-state index in [1.54, 1.807) is 43.6 Å². The van der Waals surface area contributed by atoms with E-state index in [9.17, 15) is 9.90 Å². The van der Waals surface area contributed by atoms with Crippen LogP contribution in [0.25, 0.3) is 0 Å². The van der Waals surface area contributed by atoms with Crippen LogP contribution < -0.4 is 29.6 Å². The number of carboxylic acids is 1. The van der Waals surface area contributed by atoms with Gasteiger partial charge in [-0.1, -0.05) is 48.1 Å². The molecule has 2 saturated heterocycles. The Hall–Kier alpha value is -1.03. The first-order chi connectivity index (χ1) is 15.7. The van der Waals surface area contributed by atoms with Crippen LogP contribution in [-0.4, -0.2) is 65.7 Å². The number of carbonyl (C=O) groups is 1. The fourth-order valence-corrected chi connectivity index (χ4v) is 4.87. The summed E-state index contributed by atoms with van der Waals surface area (Å²) in [5.74, 6) is -0.961. The average molecular weight is 485 g/mol. The third-order valence-corrected chi connectivity index (χ3v) is 6.62. The number of ether oxygens (including phenoxy) is 4. The predicted octanol–water partition coefficient (Wildman–Crippen LogP) is 0.824. The molecule has 0 aromatic heterocycles. The number of aliphatic hydroxyl groups is 1. The molecule has 0 aromatic carbocycles. The Bertz CT molecular complexity index is 845. The van der Waals surface area contributed by atoms with E-state index in [1.807, 2.05) is 0 Å². The van der Waals surface area contributed by atoms with Crippen molar-refractivity contribution in [2.45, 2.75) is 75.8 Å². The molecule has 7 nitrogen and oxygen atoms in total. The quantitative estimate of drug-likeness (QED) is 0.112. The van der Waals surface area contributed by atoms with Gasteiger partial charge < -0.3 is 30.6 Å². The molecule has 1 aliphatic carbocycles. The van der Waals surface area contributed by atoms with Crippen molar-refractivity contribution >= 4 is 5.97 Å². The largest absolute Gasteiger partial charge is 1.00 e. The number of rotatable bonds is 11. The van der Waals surface area contributed by atoms with Crippen LogP contribution in [0.5, 0.6) is 0 Å². The Morgan fingerprint density at radius 1 is 1.21 bits per heavy atom. The van der Waals surface area contributed by atoms with Crippen molar-refractivity contribution in [1.29, 1.82) is 0 Å². The zero-order valence-electron chi connectivity index (χ0n) is 21.8. The molecule has 3 fully saturated rings. The van der Waals surface area contributed by atoms with Crippen LogP contribution in [0.15, 0.2) is 60.3 Å². The molecule has 3 rings (SSSR count). The van der Waals surface area contributed by atoms with Gasteiger partial charge >= 0.3 is 35.5 Å². The Kier molecular flexibility index (Phi) is 11.0. The molecule has 1 saturated carbocycles. The van der Waals surface area contributed by atoms with Crippen molar-refractivity contribution in [3.8, 4) is 0 Å². The number of methoxy groups -OCH3 is 1. The minimum atomic E-state index is -1.07. The van der Waals surface area contributed by atoms with Crippen molar-refractivity contribution in [2.75, 3.05) is 13.7 Å². The van der Waals surface area contributed by atoms with E-state index in [1.165, 1.54) is 11.6 Å². The second-order valence-electron chi connectivity index (χ2n) is 9.29. The van der Waals surface area contributed by atoms with Gasteiger partial charge in [-0.05, 0) is 46.1 Å². The summed E-state index contributed by atoms with van der Waals surface area (Å²) >= 11 is 0. The number of aliphatic carboxylic acids is 1. The normalized spacial score (nSPS) is 35.8. The SMILES string of the molecule is CO[C@@H]1[C@H](OC(O)/C=C/C=C/C=C/C=C/C(=O)O)CC[C@]2(CO2)[C@H]1[C@@]1(C)O[C@@H]1CC=C(C)C.[H-].[Na+]. The smallest absolute Gasteiger partial charge is 1.00 e. The van der Waals surface area contributed by atoms with E-state index < -0.39 is 12.3 Å². The van der Waals surface area contributed by atoms with Crippen LogP contribution in [0, 0.1) is 5.92 Å². The summed E-state index contributed by atoms with van der Waals surface area (Å²) in [6, 6.07) is 0. The van der Waals surface area contributed by atoms with Gasteiger partial charge in [0.25, 0.3) is 0 Å². The number of hydrogen-bond donors (Lipinski definition) is 2. The van der Waals surface area contributed by atoms with E-state index in [4.69, 9.17) is 24.1 Å². The van der Waals surface area contributed by atoms with Gasteiger partial charge in [0.15, 0.2) is 6.29 Å². The zero-order chi connectivity index (χ0) is 24.1. The van der Waals surface area contributed by atoms with Gasteiger partial charge in [0.2, 0.25) is 0 Å². The van der Waals surface area contributed by atoms with Gasteiger partial charge in [-0.2, -0.15) is 0 Å². The van der Waals surface area contributed by atoms with Gasteiger partial charge in [-0.15, -0.1) is 0 Å². The van der Waals surface area contributed by atoms with E-state index in [0.29, 0.717) is 6.61 Å². The van der Waals surface area contributed by atoms with Crippen molar-refractivity contribution in [1.82, 2.24) is 0 Å². The molecule has 2 heterocycles. The molecule has 0 bridgehead atoms. The molecule has 1 spiro atoms. The molecule has 3 aliphatic rings. The van der Waals surface area contributed by atoms with Gasteiger partial charge in [0.05, 0.1) is 36.4 Å². The molecule has 1 unspecified atom stereocenters. The van der Waals surface area contributed by atoms with Crippen LogP contribution in [-0.2, 0) is 23.7 Å². The van der Waals surface area contributed by atoms with Crippen molar-refractivity contribution in [3.63, 3.8) is 0 Å². The van der Waals surface area contributed by atoms with Crippen LogP contribution >= 0.6 is 0 Å². The molecule has 7 atom stereocenters. The minimum Gasteiger partial charge on any atom is -1.00 e. The Morgan fingerprint density at radius 2 is 1.85 bits per heavy atom. The van der Waals surface area contributed by atoms with Gasteiger partial charge in [-0.25, -0.2) is 4.79 Å². The molecule has 0 aromatic rings. The van der Waals surface area contributed by atoms with Crippen LogP contribution in [0.3, 0.4) is 0 Å².